The van der Waals surface area contributed by atoms with E-state index in [0.717, 1.165) is 27.6 Å². The third-order valence-electron chi connectivity index (χ3n) is 8.25. The third-order valence-corrected chi connectivity index (χ3v) is 8.25. The van der Waals surface area contributed by atoms with Crippen molar-refractivity contribution in [1.29, 1.82) is 0 Å². The molecule has 1 aliphatic heterocycles. The third kappa shape index (κ3) is 6.13. The number of carbonyl (C=O) groups excluding carboxylic acids is 3. The first-order valence-corrected chi connectivity index (χ1v) is 14.8. The molecular formula is C36H33N3O6. The number of hydrogen-bond donors (Lipinski definition) is 3. The van der Waals surface area contributed by atoms with E-state index < -0.39 is 41.2 Å². The van der Waals surface area contributed by atoms with Crippen LogP contribution in [0.2, 0.25) is 0 Å². The normalized spacial score (nSPS) is 15.1. The average Bonchev–Trinajstić information content (AvgIpc) is 3.43. The van der Waals surface area contributed by atoms with Gasteiger partial charge < -0.3 is 20.1 Å². The van der Waals surface area contributed by atoms with Crippen LogP contribution in [0.3, 0.4) is 0 Å². The van der Waals surface area contributed by atoms with Crippen LogP contribution in [-0.2, 0) is 33.8 Å². The van der Waals surface area contributed by atoms with Gasteiger partial charge in [0.25, 0.3) is 5.56 Å². The zero-order chi connectivity index (χ0) is 31.5. The lowest BCUT2D eigenvalue weighted by atomic mass is 9.89. The van der Waals surface area contributed by atoms with Gasteiger partial charge in [0.1, 0.15) is 12.1 Å². The maximum Gasteiger partial charge on any atom is 0.262 e. The number of aromatic amines is 1. The maximum absolute atomic E-state index is 14.1. The van der Waals surface area contributed by atoms with Crippen LogP contribution in [-0.4, -0.2) is 50.9 Å². The number of para-hydroxylation sites is 1. The number of ether oxygens (including phenoxy) is 1. The molecule has 9 nitrogen and oxygen atoms in total. The number of ketones is 2. The van der Waals surface area contributed by atoms with Gasteiger partial charge in [-0.1, -0.05) is 78.9 Å². The van der Waals surface area contributed by atoms with E-state index in [9.17, 15) is 24.3 Å². The summed E-state index contributed by atoms with van der Waals surface area (Å²) < 4.78 is 7.21. The van der Waals surface area contributed by atoms with E-state index in [-0.39, 0.29) is 31.6 Å². The van der Waals surface area contributed by atoms with Gasteiger partial charge in [-0.15, -0.1) is 0 Å². The standard InChI is InChI=1S/C36H33N3O6/c1-22(40)25-16-17-30-33-27(26-14-8-9-15-28(26)38-33)19-31(39(30)36(25)44)35(43)34(42)29(21-45-20-24-12-6-3-7-13-24)37-32(41)18-23-10-4-2-5-11-23/h2-17,29,31,35,38,43H,18-21H2,1H3,(H,37,41)/t29-,31?,35?/m0/s1. The number of Topliss-reactive ketones (excluding diaryl/α,β-unsaturated/α-hetero) is 2. The van der Waals surface area contributed by atoms with Crippen LogP contribution >= 0.6 is 0 Å². The molecule has 0 radical (unpaired) electrons. The van der Waals surface area contributed by atoms with Gasteiger partial charge in [-0.3, -0.25) is 23.7 Å². The number of hydrogen-bond acceptors (Lipinski definition) is 6. The fourth-order valence-corrected chi connectivity index (χ4v) is 6.02. The average molecular weight is 604 g/mol. The molecule has 3 N–H and O–H groups in total. The Morgan fingerprint density at radius 1 is 0.933 bits per heavy atom. The van der Waals surface area contributed by atoms with Gasteiger partial charge in [-0.2, -0.15) is 0 Å². The lowest BCUT2D eigenvalue weighted by molar-refractivity contribution is -0.136. The number of rotatable bonds is 11. The molecule has 1 amide bonds. The summed E-state index contributed by atoms with van der Waals surface area (Å²) in [6, 6.07) is 27.1. The Balaban J connectivity index is 1.33. The van der Waals surface area contributed by atoms with Crippen LogP contribution < -0.4 is 10.9 Å². The van der Waals surface area contributed by atoms with Gasteiger partial charge in [0.15, 0.2) is 11.6 Å². The second-order valence-corrected chi connectivity index (χ2v) is 11.3. The minimum absolute atomic E-state index is 0.0335. The quantitative estimate of drug-likeness (QED) is 0.194. The number of aromatic nitrogens is 2. The second kappa shape index (κ2) is 12.9. The molecule has 0 saturated heterocycles. The van der Waals surface area contributed by atoms with Gasteiger partial charge >= 0.3 is 0 Å². The van der Waals surface area contributed by atoms with Crippen molar-refractivity contribution in [3.8, 4) is 11.4 Å². The molecule has 1 aliphatic rings. The molecule has 0 saturated carbocycles. The minimum Gasteiger partial charge on any atom is -0.383 e. The summed E-state index contributed by atoms with van der Waals surface area (Å²) in [5, 5.41) is 15.4. The number of amides is 1. The van der Waals surface area contributed by atoms with Crippen molar-refractivity contribution < 1.29 is 24.2 Å². The van der Waals surface area contributed by atoms with Crippen LogP contribution in [0.4, 0.5) is 0 Å². The highest BCUT2D eigenvalue weighted by atomic mass is 16.5. The fourth-order valence-electron chi connectivity index (χ4n) is 6.02. The predicted octanol–water partition coefficient (Wildman–Crippen LogP) is 4.17. The number of carbonyl (C=O) groups is 3. The lowest BCUT2D eigenvalue weighted by Gasteiger charge is -2.33. The first kappa shape index (κ1) is 29.9. The minimum atomic E-state index is -1.70. The molecule has 6 rings (SSSR count). The maximum atomic E-state index is 14.1. The molecule has 3 aromatic carbocycles. The molecular weight excluding hydrogens is 570 g/mol. The predicted molar refractivity (Wildman–Crippen MR) is 170 cm³/mol. The number of nitrogens with zero attached hydrogens (tertiary/aromatic N) is 1. The van der Waals surface area contributed by atoms with Crippen LogP contribution in [0.5, 0.6) is 0 Å². The van der Waals surface area contributed by atoms with E-state index in [0.29, 0.717) is 11.4 Å². The topological polar surface area (TPSA) is 130 Å². The van der Waals surface area contributed by atoms with Crippen molar-refractivity contribution >= 4 is 28.4 Å². The molecule has 0 spiro atoms. The van der Waals surface area contributed by atoms with E-state index in [2.05, 4.69) is 10.3 Å². The number of aliphatic hydroxyl groups excluding tert-OH is 1. The Morgan fingerprint density at radius 3 is 2.31 bits per heavy atom. The molecule has 0 bridgehead atoms. The molecule has 45 heavy (non-hydrogen) atoms. The first-order valence-electron chi connectivity index (χ1n) is 14.8. The summed E-state index contributed by atoms with van der Waals surface area (Å²) in [5.41, 5.74) is 3.87. The summed E-state index contributed by atoms with van der Waals surface area (Å²) in [4.78, 5) is 56.6. The molecule has 228 valence electrons. The van der Waals surface area contributed by atoms with Crippen molar-refractivity contribution in [3.63, 3.8) is 0 Å². The van der Waals surface area contributed by atoms with E-state index in [4.69, 9.17) is 4.74 Å². The van der Waals surface area contributed by atoms with Gasteiger partial charge in [0.05, 0.1) is 42.6 Å². The van der Waals surface area contributed by atoms with Crippen molar-refractivity contribution in [2.75, 3.05) is 6.61 Å². The smallest absolute Gasteiger partial charge is 0.262 e. The van der Waals surface area contributed by atoms with Gasteiger partial charge in [-0.25, -0.2) is 0 Å². The number of aliphatic hydroxyl groups is 1. The van der Waals surface area contributed by atoms with Crippen molar-refractivity contribution in [1.82, 2.24) is 14.9 Å². The van der Waals surface area contributed by atoms with Gasteiger partial charge in [-0.05, 0) is 48.2 Å². The lowest BCUT2D eigenvalue weighted by Crippen LogP contribution is -2.52. The summed E-state index contributed by atoms with van der Waals surface area (Å²) >= 11 is 0. The highest BCUT2D eigenvalue weighted by molar-refractivity contribution is 5.96. The van der Waals surface area contributed by atoms with Crippen LogP contribution in [0, 0.1) is 0 Å². The van der Waals surface area contributed by atoms with Crippen LogP contribution in [0.15, 0.2) is 102 Å². The van der Waals surface area contributed by atoms with Gasteiger partial charge in [0, 0.05) is 10.9 Å². The summed E-state index contributed by atoms with van der Waals surface area (Å²) in [6.45, 7) is 1.31. The fraction of sp³-hybridized carbons (Fsp3) is 0.222. The highest BCUT2D eigenvalue weighted by Gasteiger charge is 2.39. The molecule has 2 unspecified atom stereocenters. The number of fused-ring (bicyclic) bond motifs is 5. The Bertz CT molecular complexity index is 1930. The number of H-pyrrole nitrogens is 1. The number of pyridine rings is 1. The Hall–Kier alpha value is -5.12. The SMILES string of the molecule is CC(=O)c1ccc2n(c1=O)C(C(O)C(=O)[C@H](COCc1ccccc1)NC(=O)Cc1ccccc1)Cc1c-2[nH]c2ccccc12. The zero-order valence-corrected chi connectivity index (χ0v) is 24.7. The largest absolute Gasteiger partial charge is 0.383 e. The molecule has 9 heteroatoms. The number of nitrogens with one attached hydrogen (secondary N) is 2. The molecule has 5 aromatic rings. The Labute approximate surface area is 259 Å². The summed E-state index contributed by atoms with van der Waals surface area (Å²) in [6.07, 6.45) is -1.52. The van der Waals surface area contributed by atoms with Gasteiger partial charge in [0.2, 0.25) is 5.91 Å². The molecule has 2 aromatic heterocycles. The second-order valence-electron chi connectivity index (χ2n) is 11.3. The van der Waals surface area contributed by atoms with E-state index >= 15 is 0 Å². The van der Waals surface area contributed by atoms with Crippen molar-refractivity contribution in [3.05, 3.63) is 130 Å². The Kier molecular flexibility index (Phi) is 8.55. The molecule has 3 atom stereocenters. The summed E-state index contributed by atoms with van der Waals surface area (Å²) in [7, 11) is 0. The van der Waals surface area contributed by atoms with Crippen LogP contribution in [0.25, 0.3) is 22.3 Å². The summed E-state index contributed by atoms with van der Waals surface area (Å²) in [5.74, 6) is -1.52. The van der Waals surface area contributed by atoms with Crippen molar-refractivity contribution in [2.45, 2.75) is 44.6 Å². The highest BCUT2D eigenvalue weighted by Crippen LogP contribution is 2.39. The van der Waals surface area contributed by atoms with Crippen LogP contribution in [0.1, 0.15) is 40.0 Å². The number of benzene rings is 3. The van der Waals surface area contributed by atoms with E-state index in [1.165, 1.54) is 17.6 Å². The van der Waals surface area contributed by atoms with E-state index in [1.54, 1.807) is 6.07 Å². The first-order chi connectivity index (χ1) is 21.8. The van der Waals surface area contributed by atoms with Crippen molar-refractivity contribution in [2.24, 2.45) is 0 Å². The molecule has 0 fully saturated rings. The molecule has 0 aliphatic carbocycles. The van der Waals surface area contributed by atoms with E-state index in [1.807, 2.05) is 84.9 Å². The Morgan fingerprint density at radius 2 is 1.60 bits per heavy atom. The molecule has 3 heterocycles. The monoisotopic (exact) mass is 603 g/mol. The zero-order valence-electron chi connectivity index (χ0n) is 24.7.